The second-order valence-electron chi connectivity index (χ2n) is 8.33. The first kappa shape index (κ1) is 25.9. The number of benzene rings is 2. The summed E-state index contributed by atoms with van der Waals surface area (Å²) in [6, 6.07) is 13.8. The molecular formula is C30H6N12. The Bertz CT molecular complexity index is 2130. The number of rotatable bonds is 2. The van der Waals surface area contributed by atoms with Gasteiger partial charge in [-0.2, -0.15) is 15.8 Å². The van der Waals surface area contributed by atoms with Gasteiger partial charge in [-0.15, -0.1) is 9.97 Å². The molecule has 0 aliphatic heterocycles. The smallest absolute Gasteiger partial charge is 0.294 e. The summed E-state index contributed by atoms with van der Waals surface area (Å²) in [6.07, 6.45) is 2.55. The van der Waals surface area contributed by atoms with Crippen LogP contribution in [0.25, 0.3) is 58.6 Å². The van der Waals surface area contributed by atoms with Crippen LogP contribution in [0.2, 0.25) is 0 Å². The lowest BCUT2D eigenvalue weighted by Crippen LogP contribution is -1.98. The molecule has 2 aromatic heterocycles. The number of nitriles is 4. The maximum atomic E-state index is 10.0. The number of hydrogen-bond donors (Lipinski definition) is 0. The van der Waals surface area contributed by atoms with Crippen LogP contribution in [0.15, 0.2) is 42.4 Å². The molecule has 4 aromatic rings. The molecule has 0 saturated heterocycles. The molecule has 2 aromatic carbocycles. The van der Waals surface area contributed by atoms with Crippen LogP contribution in [0.3, 0.4) is 0 Å². The number of hydrogen-bond acceptors (Lipinski definition) is 8. The summed E-state index contributed by atoms with van der Waals surface area (Å²) in [6.45, 7) is 30.0. The van der Waals surface area contributed by atoms with Gasteiger partial charge in [0.15, 0.2) is 29.0 Å². The van der Waals surface area contributed by atoms with Gasteiger partial charge in [-0.3, -0.25) is 0 Å². The fraction of sp³-hybridized carbons (Fsp3) is 0. The molecule has 186 valence electrons. The summed E-state index contributed by atoms with van der Waals surface area (Å²) in [7, 11) is 0. The van der Waals surface area contributed by atoms with Gasteiger partial charge in [-0.25, -0.2) is 24.9 Å². The minimum absolute atomic E-state index is 0.0967. The highest BCUT2D eigenvalue weighted by Gasteiger charge is 2.31. The van der Waals surface area contributed by atoms with Crippen LogP contribution in [-0.4, -0.2) is 19.9 Å². The fourth-order valence-corrected chi connectivity index (χ4v) is 4.52. The molecule has 0 unspecified atom stereocenters. The molecule has 0 fully saturated rings. The normalized spacial score (nSPS) is 11.4. The molecule has 0 radical (unpaired) electrons. The van der Waals surface area contributed by atoms with Crippen LogP contribution >= 0.6 is 0 Å². The van der Waals surface area contributed by atoms with Gasteiger partial charge >= 0.3 is 0 Å². The third kappa shape index (κ3) is 3.87. The van der Waals surface area contributed by atoms with E-state index in [1.807, 2.05) is 12.1 Å². The van der Waals surface area contributed by atoms with Crippen molar-refractivity contribution in [3.05, 3.63) is 116 Å². The molecule has 0 amide bonds. The molecule has 42 heavy (non-hydrogen) atoms. The Morgan fingerprint density at radius 3 is 1.86 bits per heavy atom. The second kappa shape index (κ2) is 10.2. The first-order valence-corrected chi connectivity index (χ1v) is 11.4. The third-order valence-corrected chi connectivity index (χ3v) is 6.30. The first-order valence-electron chi connectivity index (χ1n) is 11.4. The molecule has 5 rings (SSSR count). The Morgan fingerprint density at radius 1 is 0.619 bits per heavy atom. The molecule has 0 N–H and O–H groups in total. The molecule has 0 saturated carbocycles. The summed E-state index contributed by atoms with van der Waals surface area (Å²) >= 11 is 0. The van der Waals surface area contributed by atoms with Crippen LogP contribution in [0, 0.1) is 71.6 Å². The average molecular weight is 534 g/mol. The highest BCUT2D eigenvalue weighted by molar-refractivity contribution is 6.07. The molecular weight excluding hydrogens is 528 g/mol. The summed E-state index contributed by atoms with van der Waals surface area (Å²) in [5.74, 6) is -0.409. The lowest BCUT2D eigenvalue weighted by atomic mass is 9.95. The van der Waals surface area contributed by atoms with E-state index < -0.39 is 0 Å². The highest BCUT2D eigenvalue weighted by Crippen LogP contribution is 2.51. The molecule has 0 spiro atoms. The van der Waals surface area contributed by atoms with Crippen LogP contribution in [-0.2, 0) is 0 Å². The Labute approximate surface area is 237 Å². The monoisotopic (exact) mass is 534 g/mol. The summed E-state index contributed by atoms with van der Waals surface area (Å²) < 4.78 is 0. The van der Waals surface area contributed by atoms with E-state index in [1.165, 1.54) is 24.5 Å². The van der Waals surface area contributed by atoms with Gasteiger partial charge in [0.05, 0.1) is 42.7 Å². The van der Waals surface area contributed by atoms with Gasteiger partial charge < -0.3 is 9.69 Å². The predicted octanol–water partition coefficient (Wildman–Crippen LogP) is 6.05. The van der Waals surface area contributed by atoms with Crippen molar-refractivity contribution < 1.29 is 0 Å². The largest absolute Gasteiger partial charge is 0.370 e. The van der Waals surface area contributed by atoms with Gasteiger partial charge in [-0.05, 0) is 40.5 Å². The maximum absolute atomic E-state index is 10.0. The van der Waals surface area contributed by atoms with E-state index in [0.717, 1.165) is 0 Å². The molecule has 12 heteroatoms. The lowest BCUT2D eigenvalue weighted by Gasteiger charge is -2.09. The molecule has 1 aliphatic rings. The van der Waals surface area contributed by atoms with Crippen molar-refractivity contribution in [3.8, 4) is 57.9 Å². The van der Waals surface area contributed by atoms with E-state index >= 15 is 0 Å². The van der Waals surface area contributed by atoms with Gasteiger partial charge in [0.25, 0.3) is 17.3 Å². The van der Waals surface area contributed by atoms with E-state index in [2.05, 4.69) is 45.4 Å². The van der Waals surface area contributed by atoms with Crippen molar-refractivity contribution in [2.45, 2.75) is 0 Å². The molecule has 0 bridgehead atoms. The van der Waals surface area contributed by atoms with Crippen LogP contribution < -0.4 is 0 Å². The van der Waals surface area contributed by atoms with E-state index in [-0.39, 0.29) is 62.5 Å². The number of aromatic nitrogens is 4. The van der Waals surface area contributed by atoms with E-state index in [1.54, 1.807) is 18.2 Å². The standard InChI is InChI=1S/C30H6N12/c1-35-22-8-20-18(7-21(22)27-14-40-29(37-3)30(38-4)42-27)17-6-16(26-13-39-23(10-32)24(11-33)41-26)15(9-31)5-19(17)28(20)25(12-34)36-2/h5-8,13-14H/b28-25-. The Hall–Kier alpha value is -7.74. The van der Waals surface area contributed by atoms with Crippen LogP contribution in [0.1, 0.15) is 28.1 Å². The lowest BCUT2D eigenvalue weighted by molar-refractivity contribution is 1.13. The van der Waals surface area contributed by atoms with Gasteiger partial charge in [0.1, 0.15) is 12.1 Å². The van der Waals surface area contributed by atoms with Crippen molar-refractivity contribution in [3.63, 3.8) is 0 Å². The van der Waals surface area contributed by atoms with E-state index in [0.29, 0.717) is 27.8 Å². The van der Waals surface area contributed by atoms with Crippen molar-refractivity contribution in [1.29, 1.82) is 21.0 Å². The summed E-state index contributed by atoms with van der Waals surface area (Å²) in [5.41, 5.74) is 2.45. The second-order valence-corrected chi connectivity index (χ2v) is 8.33. The number of fused-ring (bicyclic) bond motifs is 3. The minimum Gasteiger partial charge on any atom is -0.370 e. The molecule has 2 heterocycles. The zero-order valence-corrected chi connectivity index (χ0v) is 20.8. The van der Waals surface area contributed by atoms with Crippen molar-refractivity contribution >= 4 is 22.9 Å². The van der Waals surface area contributed by atoms with Gasteiger partial charge in [0, 0.05) is 16.7 Å². The Morgan fingerprint density at radius 2 is 1.26 bits per heavy atom. The van der Waals surface area contributed by atoms with Gasteiger partial charge in [-0.1, -0.05) is 19.2 Å². The Balaban J connectivity index is 1.87. The quantitative estimate of drug-likeness (QED) is 0.195. The molecule has 1 aliphatic carbocycles. The minimum atomic E-state index is -0.253. The number of nitrogens with zero attached hydrogens (tertiary/aromatic N) is 12. The zero-order chi connectivity index (χ0) is 30.0. The van der Waals surface area contributed by atoms with Gasteiger partial charge in [0.2, 0.25) is 0 Å². The van der Waals surface area contributed by atoms with Crippen LogP contribution in [0.4, 0.5) is 17.3 Å². The molecule has 12 nitrogen and oxygen atoms in total. The molecule has 0 atom stereocenters. The summed E-state index contributed by atoms with van der Waals surface area (Å²) in [4.78, 5) is 29.9. The average Bonchev–Trinajstić information content (AvgIpc) is 3.35. The van der Waals surface area contributed by atoms with Crippen molar-refractivity contribution in [2.24, 2.45) is 0 Å². The predicted molar refractivity (Wildman–Crippen MR) is 145 cm³/mol. The fourth-order valence-electron chi connectivity index (χ4n) is 4.52. The van der Waals surface area contributed by atoms with Crippen molar-refractivity contribution in [2.75, 3.05) is 0 Å². The van der Waals surface area contributed by atoms with Crippen molar-refractivity contribution in [1.82, 2.24) is 19.9 Å². The first-order chi connectivity index (χ1) is 20.5. The van der Waals surface area contributed by atoms with Crippen LogP contribution in [0.5, 0.6) is 0 Å². The number of allylic oxidation sites excluding steroid dienone is 1. The maximum Gasteiger partial charge on any atom is 0.294 e. The SMILES string of the molecule is [C-]#[N+]/C(C#N)=C1/c2cc(C#N)c(-c3cnc(C#N)c(C#N)n3)cc2-c2cc(-c3cnc([N+]#[C-])c([N+]#[C-])n3)c([N+]#[C-])cc21. The highest BCUT2D eigenvalue weighted by atomic mass is 15.0. The third-order valence-electron chi connectivity index (χ3n) is 6.30. The van der Waals surface area contributed by atoms with E-state index in [4.69, 9.17) is 26.3 Å². The zero-order valence-electron chi connectivity index (χ0n) is 20.8. The summed E-state index contributed by atoms with van der Waals surface area (Å²) in [5, 5.41) is 38.4. The Kier molecular flexibility index (Phi) is 6.29. The van der Waals surface area contributed by atoms with E-state index in [9.17, 15) is 21.0 Å². The topological polar surface area (TPSA) is 164 Å².